The summed E-state index contributed by atoms with van der Waals surface area (Å²) in [6.45, 7) is 0. The molecule has 0 saturated carbocycles. The van der Waals surface area contributed by atoms with Crippen LogP contribution in [0.2, 0.25) is 0 Å². The average Bonchev–Trinajstić information content (AvgIpc) is 2.80. The van der Waals surface area contributed by atoms with Crippen LogP contribution in [0, 0.1) is 11.6 Å². The smallest absolute Gasteiger partial charge is 0.246 e. The number of hydrogen-bond donors (Lipinski definition) is 2. The Morgan fingerprint density at radius 1 is 0.806 bits per heavy atom. The maximum Gasteiger partial charge on any atom is 0.246 e. The number of hydrogen-bond acceptors (Lipinski definition) is 3. The van der Waals surface area contributed by atoms with Crippen LogP contribution in [-0.4, -0.2) is 24.6 Å². The lowest BCUT2D eigenvalue weighted by Crippen LogP contribution is -2.39. The van der Waals surface area contributed by atoms with Gasteiger partial charge in [-0.3, -0.25) is 9.59 Å². The van der Waals surface area contributed by atoms with Crippen LogP contribution in [0.25, 0.3) is 0 Å². The number of thioether (sulfide) groups is 1. The van der Waals surface area contributed by atoms with E-state index in [1.165, 1.54) is 43.1 Å². The van der Waals surface area contributed by atoms with Crippen LogP contribution >= 0.6 is 11.8 Å². The predicted octanol–water partition coefficient (Wildman–Crippen LogP) is 4.39. The van der Waals surface area contributed by atoms with Crippen molar-refractivity contribution in [3.8, 4) is 0 Å². The summed E-state index contributed by atoms with van der Waals surface area (Å²) in [5, 5.41) is 5.03. The third kappa shape index (κ3) is 6.15. The molecule has 160 valence electrons. The van der Waals surface area contributed by atoms with Crippen molar-refractivity contribution < 1.29 is 18.4 Å². The summed E-state index contributed by atoms with van der Waals surface area (Å²) in [5.41, 5.74) is 2.25. The molecular weight excluding hydrogens is 418 g/mol. The van der Waals surface area contributed by atoms with Crippen LogP contribution < -0.4 is 10.6 Å². The van der Waals surface area contributed by atoms with E-state index < -0.39 is 6.04 Å². The minimum Gasteiger partial charge on any atom is -0.357 e. The molecule has 0 spiro atoms. The first-order chi connectivity index (χ1) is 15.0. The van der Waals surface area contributed by atoms with Gasteiger partial charge in [0.15, 0.2) is 0 Å². The summed E-state index contributed by atoms with van der Waals surface area (Å²) < 4.78 is 26.8. The SMILES string of the molecule is CNC(=O)C(NC(=O)CSC(c1ccc(F)cc1)c1ccc(F)cc1)c1ccccc1. The summed E-state index contributed by atoms with van der Waals surface area (Å²) in [5.74, 6) is -1.31. The lowest BCUT2D eigenvalue weighted by molar-refractivity contribution is -0.127. The monoisotopic (exact) mass is 440 g/mol. The minimum atomic E-state index is -0.811. The molecule has 2 amide bonds. The number of likely N-dealkylation sites (N-methyl/N-ethyl adjacent to an activating group) is 1. The summed E-state index contributed by atoms with van der Waals surface area (Å²) in [6.07, 6.45) is 0. The predicted molar refractivity (Wildman–Crippen MR) is 118 cm³/mol. The number of nitrogens with one attached hydrogen (secondary N) is 2. The second kappa shape index (κ2) is 10.7. The summed E-state index contributed by atoms with van der Waals surface area (Å²) in [6, 6.07) is 20.1. The van der Waals surface area contributed by atoms with E-state index in [4.69, 9.17) is 0 Å². The maximum atomic E-state index is 13.4. The number of rotatable bonds is 8. The largest absolute Gasteiger partial charge is 0.357 e. The van der Waals surface area contributed by atoms with Gasteiger partial charge in [0.1, 0.15) is 17.7 Å². The standard InChI is InChI=1S/C24H22F2N2O2S/c1-27-24(30)22(16-5-3-2-4-6-16)28-21(29)15-31-23(17-7-11-19(25)12-8-17)18-9-13-20(26)14-10-18/h2-14,22-23H,15H2,1H3,(H,27,30)(H,28,29). The highest BCUT2D eigenvalue weighted by Gasteiger charge is 2.23. The van der Waals surface area contributed by atoms with Gasteiger partial charge in [-0.15, -0.1) is 11.8 Å². The third-order valence-electron chi connectivity index (χ3n) is 4.67. The van der Waals surface area contributed by atoms with Gasteiger partial charge in [-0.2, -0.15) is 0 Å². The van der Waals surface area contributed by atoms with E-state index >= 15 is 0 Å². The fourth-order valence-corrected chi connectivity index (χ4v) is 4.21. The van der Waals surface area contributed by atoms with Gasteiger partial charge in [0.25, 0.3) is 0 Å². The normalized spacial score (nSPS) is 11.7. The lowest BCUT2D eigenvalue weighted by atomic mass is 10.0. The van der Waals surface area contributed by atoms with Crippen molar-refractivity contribution >= 4 is 23.6 Å². The second-order valence-electron chi connectivity index (χ2n) is 6.82. The minimum absolute atomic E-state index is 0.0553. The van der Waals surface area contributed by atoms with Crippen LogP contribution in [0.5, 0.6) is 0 Å². The van der Waals surface area contributed by atoms with Gasteiger partial charge < -0.3 is 10.6 Å². The molecule has 3 aromatic rings. The van der Waals surface area contributed by atoms with E-state index in [1.807, 2.05) is 6.07 Å². The zero-order valence-electron chi connectivity index (χ0n) is 16.8. The Balaban J connectivity index is 1.75. The Labute approximate surface area is 184 Å². The molecule has 0 aromatic heterocycles. The number of benzene rings is 3. The van der Waals surface area contributed by atoms with Crippen molar-refractivity contribution in [1.29, 1.82) is 0 Å². The number of amides is 2. The van der Waals surface area contributed by atoms with Crippen molar-refractivity contribution in [2.75, 3.05) is 12.8 Å². The molecule has 0 fully saturated rings. The van der Waals surface area contributed by atoms with Crippen LogP contribution in [0.3, 0.4) is 0 Å². The number of carbonyl (C=O) groups is 2. The molecule has 0 bridgehead atoms. The molecule has 4 nitrogen and oxygen atoms in total. The molecule has 0 saturated heterocycles. The molecular formula is C24H22F2N2O2S. The van der Waals surface area contributed by atoms with Crippen molar-refractivity contribution in [2.45, 2.75) is 11.3 Å². The second-order valence-corrected chi connectivity index (χ2v) is 7.91. The summed E-state index contributed by atoms with van der Waals surface area (Å²) >= 11 is 1.32. The molecule has 3 aromatic carbocycles. The Morgan fingerprint density at radius 2 is 1.32 bits per heavy atom. The van der Waals surface area contributed by atoms with E-state index in [2.05, 4.69) is 10.6 Å². The Bertz CT molecular complexity index is 967. The molecule has 1 unspecified atom stereocenters. The number of carbonyl (C=O) groups excluding carboxylic acids is 2. The molecule has 0 aliphatic heterocycles. The van der Waals surface area contributed by atoms with Crippen LogP contribution in [-0.2, 0) is 9.59 Å². The van der Waals surface area contributed by atoms with Crippen molar-refractivity contribution in [2.24, 2.45) is 0 Å². The van der Waals surface area contributed by atoms with Crippen molar-refractivity contribution in [1.82, 2.24) is 10.6 Å². The van der Waals surface area contributed by atoms with Gasteiger partial charge in [-0.1, -0.05) is 54.6 Å². The van der Waals surface area contributed by atoms with E-state index in [0.717, 1.165) is 11.1 Å². The van der Waals surface area contributed by atoms with E-state index in [9.17, 15) is 18.4 Å². The van der Waals surface area contributed by atoms with Crippen LogP contribution in [0.15, 0.2) is 78.9 Å². The van der Waals surface area contributed by atoms with Gasteiger partial charge in [0.2, 0.25) is 11.8 Å². The van der Waals surface area contributed by atoms with Crippen LogP contribution in [0.4, 0.5) is 8.78 Å². The molecule has 0 aliphatic carbocycles. The Hall–Kier alpha value is -3.19. The van der Waals surface area contributed by atoms with E-state index in [0.29, 0.717) is 5.56 Å². The highest BCUT2D eigenvalue weighted by molar-refractivity contribution is 8.00. The molecule has 7 heteroatoms. The number of halogens is 2. The van der Waals surface area contributed by atoms with Gasteiger partial charge in [-0.05, 0) is 41.0 Å². The van der Waals surface area contributed by atoms with Gasteiger partial charge >= 0.3 is 0 Å². The Kier molecular flexibility index (Phi) is 7.78. The highest BCUT2D eigenvalue weighted by Crippen LogP contribution is 2.35. The van der Waals surface area contributed by atoms with Crippen LogP contribution in [0.1, 0.15) is 28.0 Å². The Morgan fingerprint density at radius 3 is 1.81 bits per heavy atom. The molecule has 31 heavy (non-hydrogen) atoms. The molecule has 1 atom stereocenters. The molecule has 0 heterocycles. The third-order valence-corrected chi connectivity index (χ3v) is 5.98. The van der Waals surface area contributed by atoms with Gasteiger partial charge in [-0.25, -0.2) is 8.78 Å². The zero-order valence-corrected chi connectivity index (χ0v) is 17.7. The highest BCUT2D eigenvalue weighted by atomic mass is 32.2. The van der Waals surface area contributed by atoms with E-state index in [-0.39, 0.29) is 34.5 Å². The summed E-state index contributed by atoms with van der Waals surface area (Å²) in [7, 11) is 1.51. The topological polar surface area (TPSA) is 58.2 Å². The van der Waals surface area contributed by atoms with Gasteiger partial charge in [0, 0.05) is 7.05 Å². The fraction of sp³-hybridized carbons (Fsp3) is 0.167. The first-order valence-corrected chi connectivity index (χ1v) is 10.7. The molecule has 3 rings (SSSR count). The molecule has 2 N–H and O–H groups in total. The first-order valence-electron chi connectivity index (χ1n) is 9.66. The fourth-order valence-electron chi connectivity index (χ4n) is 3.11. The average molecular weight is 441 g/mol. The molecule has 0 aliphatic rings. The zero-order chi connectivity index (χ0) is 22.2. The van der Waals surface area contributed by atoms with Crippen molar-refractivity contribution in [3.05, 3.63) is 107 Å². The first kappa shape index (κ1) is 22.5. The van der Waals surface area contributed by atoms with E-state index in [1.54, 1.807) is 48.5 Å². The van der Waals surface area contributed by atoms with Crippen molar-refractivity contribution in [3.63, 3.8) is 0 Å². The summed E-state index contributed by atoms with van der Waals surface area (Å²) in [4.78, 5) is 25.0. The quantitative estimate of drug-likeness (QED) is 0.546. The molecule has 0 radical (unpaired) electrons. The maximum absolute atomic E-state index is 13.4. The van der Waals surface area contributed by atoms with Gasteiger partial charge in [0.05, 0.1) is 11.0 Å². The lowest BCUT2D eigenvalue weighted by Gasteiger charge is -2.20.